The molecule has 0 atom stereocenters. The number of hydrazone groups is 1. The zero-order chi connectivity index (χ0) is 17.8. The van der Waals surface area contributed by atoms with Gasteiger partial charge in [0.15, 0.2) is 11.5 Å². The van der Waals surface area contributed by atoms with Gasteiger partial charge in [0, 0.05) is 10.0 Å². The van der Waals surface area contributed by atoms with Gasteiger partial charge < -0.3 is 14.8 Å². The average molecular weight is 408 g/mol. The summed E-state index contributed by atoms with van der Waals surface area (Å²) in [6.07, 6.45) is 1.33. The zero-order valence-electron chi connectivity index (χ0n) is 12.6. The monoisotopic (exact) mass is 407 g/mol. The molecule has 25 heavy (non-hydrogen) atoms. The number of benzene rings is 2. The van der Waals surface area contributed by atoms with Crippen molar-refractivity contribution in [2.75, 3.05) is 12.1 Å². The molecule has 3 rings (SSSR count). The molecule has 0 aliphatic carbocycles. The van der Waals surface area contributed by atoms with Crippen molar-refractivity contribution in [3.63, 3.8) is 0 Å². The van der Waals surface area contributed by atoms with Crippen molar-refractivity contribution in [3.8, 4) is 11.5 Å². The molecule has 2 N–H and O–H groups in total. The Morgan fingerprint density at radius 2 is 1.88 bits per heavy atom. The van der Waals surface area contributed by atoms with Gasteiger partial charge in [-0.1, -0.05) is 12.1 Å². The molecule has 1 aliphatic rings. The lowest BCUT2D eigenvalue weighted by Crippen LogP contribution is -2.32. The van der Waals surface area contributed by atoms with E-state index in [4.69, 9.17) is 9.47 Å². The van der Waals surface area contributed by atoms with Crippen molar-refractivity contribution in [1.82, 2.24) is 5.43 Å². The third-order valence-electron chi connectivity index (χ3n) is 3.19. The number of halogens is 2. The molecule has 2 aromatic rings. The fraction of sp³-hybridized carbons (Fsp3) is 0.0625. The summed E-state index contributed by atoms with van der Waals surface area (Å²) in [6.45, 7) is 0.134. The topological polar surface area (TPSA) is 89.0 Å². The molecule has 9 heteroatoms. The van der Waals surface area contributed by atoms with E-state index < -0.39 is 17.6 Å². The molecule has 128 valence electrons. The largest absolute Gasteiger partial charge is 0.454 e. The van der Waals surface area contributed by atoms with Gasteiger partial charge in [0.05, 0.1) is 11.9 Å². The lowest BCUT2D eigenvalue weighted by molar-refractivity contribution is -0.136. The standard InChI is InChI=1S/C16H11BrFN3O4/c17-10-6-14-13(24-8-25-14)5-9(10)7-19-21-16(23)15(22)20-12-4-2-1-3-11(12)18/h1-7H,8H2,(H,20,22)(H,21,23)/b19-7-. The Kier molecular flexibility index (Phi) is 4.94. The number of rotatable bonds is 3. The highest BCUT2D eigenvalue weighted by molar-refractivity contribution is 9.10. The first-order valence-corrected chi connectivity index (χ1v) is 7.82. The van der Waals surface area contributed by atoms with E-state index in [-0.39, 0.29) is 12.5 Å². The summed E-state index contributed by atoms with van der Waals surface area (Å²) < 4.78 is 24.6. The van der Waals surface area contributed by atoms with Gasteiger partial charge in [-0.2, -0.15) is 5.10 Å². The van der Waals surface area contributed by atoms with E-state index in [9.17, 15) is 14.0 Å². The number of fused-ring (bicyclic) bond motifs is 1. The first-order chi connectivity index (χ1) is 12.0. The van der Waals surface area contributed by atoms with Crippen molar-refractivity contribution in [3.05, 3.63) is 52.3 Å². The molecule has 0 fully saturated rings. The van der Waals surface area contributed by atoms with E-state index in [2.05, 4.69) is 31.8 Å². The molecule has 0 aromatic heterocycles. The Bertz CT molecular complexity index is 872. The second-order valence-corrected chi connectivity index (χ2v) is 5.71. The van der Waals surface area contributed by atoms with Crippen LogP contribution in [0.2, 0.25) is 0 Å². The van der Waals surface area contributed by atoms with Crippen molar-refractivity contribution < 1.29 is 23.5 Å². The highest BCUT2D eigenvalue weighted by Crippen LogP contribution is 2.36. The molecule has 1 heterocycles. The van der Waals surface area contributed by atoms with Crippen LogP contribution in [0.4, 0.5) is 10.1 Å². The van der Waals surface area contributed by atoms with Gasteiger partial charge in [-0.15, -0.1) is 0 Å². The Labute approximate surface area is 149 Å². The molecule has 0 unspecified atom stereocenters. The van der Waals surface area contributed by atoms with Crippen LogP contribution < -0.4 is 20.2 Å². The molecule has 0 bridgehead atoms. The van der Waals surface area contributed by atoms with Gasteiger partial charge in [0.25, 0.3) is 0 Å². The van der Waals surface area contributed by atoms with Crippen LogP contribution in [0.15, 0.2) is 46.0 Å². The number of nitrogens with one attached hydrogen (secondary N) is 2. The first kappa shape index (κ1) is 16.9. The minimum Gasteiger partial charge on any atom is -0.454 e. The van der Waals surface area contributed by atoms with Crippen molar-refractivity contribution in [1.29, 1.82) is 0 Å². The number of amides is 2. The lowest BCUT2D eigenvalue weighted by atomic mass is 10.2. The van der Waals surface area contributed by atoms with Crippen LogP contribution in [0.25, 0.3) is 0 Å². The number of ether oxygens (including phenoxy) is 2. The van der Waals surface area contributed by atoms with Crippen LogP contribution in [-0.4, -0.2) is 24.8 Å². The summed E-state index contributed by atoms with van der Waals surface area (Å²) in [6, 6.07) is 8.89. The fourth-order valence-corrected chi connectivity index (χ4v) is 2.41. The number of nitrogens with zero attached hydrogens (tertiary/aromatic N) is 1. The third-order valence-corrected chi connectivity index (χ3v) is 3.88. The summed E-state index contributed by atoms with van der Waals surface area (Å²) in [7, 11) is 0. The van der Waals surface area contributed by atoms with E-state index in [1.165, 1.54) is 30.5 Å². The number of para-hydroxylation sites is 1. The predicted molar refractivity (Wildman–Crippen MR) is 91.0 cm³/mol. The maximum absolute atomic E-state index is 13.4. The molecular formula is C16H11BrFN3O4. The van der Waals surface area contributed by atoms with Crippen LogP contribution in [0.3, 0.4) is 0 Å². The smallest absolute Gasteiger partial charge is 0.329 e. The Hall–Kier alpha value is -2.94. The van der Waals surface area contributed by atoms with E-state index in [0.29, 0.717) is 21.5 Å². The van der Waals surface area contributed by atoms with E-state index in [1.54, 1.807) is 12.1 Å². The van der Waals surface area contributed by atoms with Gasteiger partial charge in [-0.3, -0.25) is 9.59 Å². The summed E-state index contributed by atoms with van der Waals surface area (Å²) in [5.74, 6) is -1.56. The maximum atomic E-state index is 13.4. The summed E-state index contributed by atoms with van der Waals surface area (Å²) in [5, 5.41) is 5.87. The number of carbonyl (C=O) groups is 2. The van der Waals surface area contributed by atoms with Gasteiger partial charge in [-0.25, -0.2) is 9.82 Å². The average Bonchev–Trinajstić information content (AvgIpc) is 3.04. The zero-order valence-corrected chi connectivity index (χ0v) is 14.2. The van der Waals surface area contributed by atoms with Crippen LogP contribution in [-0.2, 0) is 9.59 Å². The number of carbonyl (C=O) groups excluding carboxylic acids is 2. The molecule has 1 aliphatic heterocycles. The molecule has 0 saturated heterocycles. The molecule has 2 amide bonds. The van der Waals surface area contributed by atoms with Gasteiger partial charge in [0.1, 0.15) is 5.82 Å². The molecule has 0 saturated carbocycles. The van der Waals surface area contributed by atoms with Crippen LogP contribution in [0, 0.1) is 5.82 Å². The molecule has 0 spiro atoms. The summed E-state index contributed by atoms with van der Waals surface area (Å²) in [5.41, 5.74) is 2.59. The third kappa shape index (κ3) is 3.94. The normalized spacial score (nSPS) is 12.2. The Balaban J connectivity index is 1.61. The Morgan fingerprint density at radius 1 is 1.16 bits per heavy atom. The molecule has 7 nitrogen and oxygen atoms in total. The van der Waals surface area contributed by atoms with Crippen molar-refractivity contribution in [2.24, 2.45) is 5.10 Å². The van der Waals surface area contributed by atoms with E-state index >= 15 is 0 Å². The van der Waals surface area contributed by atoms with Gasteiger partial charge >= 0.3 is 11.8 Å². The van der Waals surface area contributed by atoms with E-state index in [1.807, 2.05) is 0 Å². The quantitative estimate of drug-likeness (QED) is 0.464. The highest BCUT2D eigenvalue weighted by atomic mass is 79.9. The van der Waals surface area contributed by atoms with Crippen LogP contribution >= 0.6 is 15.9 Å². The molecule has 0 radical (unpaired) electrons. The van der Waals surface area contributed by atoms with Crippen LogP contribution in [0.1, 0.15) is 5.56 Å². The lowest BCUT2D eigenvalue weighted by Gasteiger charge is -2.05. The molecule has 2 aromatic carbocycles. The van der Waals surface area contributed by atoms with Crippen molar-refractivity contribution in [2.45, 2.75) is 0 Å². The second-order valence-electron chi connectivity index (χ2n) is 4.86. The predicted octanol–water partition coefficient (Wildman–Crippen LogP) is 2.41. The minimum atomic E-state index is -1.04. The summed E-state index contributed by atoms with van der Waals surface area (Å²) in [4.78, 5) is 23.4. The number of anilines is 1. The van der Waals surface area contributed by atoms with Crippen LogP contribution in [0.5, 0.6) is 11.5 Å². The minimum absolute atomic E-state index is 0.0925. The maximum Gasteiger partial charge on any atom is 0.329 e. The molecular weight excluding hydrogens is 397 g/mol. The Morgan fingerprint density at radius 3 is 2.64 bits per heavy atom. The SMILES string of the molecule is O=C(N/N=C\c1cc2c(cc1Br)OCO2)C(=O)Nc1ccccc1F. The van der Waals surface area contributed by atoms with Gasteiger partial charge in [-0.05, 0) is 40.2 Å². The fourth-order valence-electron chi connectivity index (χ4n) is 1.98. The van der Waals surface area contributed by atoms with Crippen molar-refractivity contribution >= 4 is 39.6 Å². The second kappa shape index (κ2) is 7.31. The highest BCUT2D eigenvalue weighted by Gasteiger charge is 2.16. The number of hydrogen-bond donors (Lipinski definition) is 2. The first-order valence-electron chi connectivity index (χ1n) is 7.02. The summed E-state index contributed by atoms with van der Waals surface area (Å²) >= 11 is 3.34. The van der Waals surface area contributed by atoms with Gasteiger partial charge in [0.2, 0.25) is 6.79 Å². The number of hydrogen-bond acceptors (Lipinski definition) is 5. The van der Waals surface area contributed by atoms with E-state index in [0.717, 1.165) is 0 Å².